The highest BCUT2D eigenvalue weighted by Crippen LogP contribution is 2.25. The van der Waals surface area contributed by atoms with Gasteiger partial charge < -0.3 is 11.1 Å². The van der Waals surface area contributed by atoms with Crippen molar-refractivity contribution in [3.63, 3.8) is 0 Å². The van der Waals surface area contributed by atoms with Gasteiger partial charge in [0.15, 0.2) is 5.78 Å². The Kier molecular flexibility index (Phi) is 3.41. The Balaban J connectivity index is 2.95. The molecule has 1 unspecified atom stereocenters. The molecule has 1 heterocycles. The molecule has 0 saturated carbocycles. The van der Waals surface area contributed by atoms with Crippen LogP contribution in [0.2, 0.25) is 0 Å². The lowest BCUT2D eigenvalue weighted by Crippen LogP contribution is -2.32. The molecule has 1 aromatic heterocycles. The summed E-state index contributed by atoms with van der Waals surface area (Å²) in [6.07, 6.45) is 0. The van der Waals surface area contributed by atoms with Gasteiger partial charge >= 0.3 is 0 Å². The van der Waals surface area contributed by atoms with Crippen molar-refractivity contribution in [2.24, 2.45) is 5.73 Å². The molecule has 0 aliphatic rings. The normalized spacial score (nSPS) is 12.2. The number of anilines is 1. The molecule has 0 fully saturated rings. The first kappa shape index (κ1) is 11.6. The third kappa shape index (κ3) is 2.53. The molecule has 0 aromatic carbocycles. The smallest absolute Gasteiger partial charge is 0.239 e. The summed E-state index contributed by atoms with van der Waals surface area (Å²) in [5, 5.41) is 3.48. The van der Waals surface area contributed by atoms with Crippen LogP contribution in [0.1, 0.15) is 29.9 Å². The molecule has 1 amide bonds. The van der Waals surface area contributed by atoms with Gasteiger partial charge in [0, 0.05) is 0 Å². The molecule has 15 heavy (non-hydrogen) atoms. The summed E-state index contributed by atoms with van der Waals surface area (Å²) in [5.74, 6) is -0.532. The number of aromatic nitrogens is 1. The molecular formula is C9H13N3O2S. The largest absolute Gasteiger partial charge is 0.368 e. The lowest BCUT2D eigenvalue weighted by Gasteiger charge is -2.10. The molecule has 3 N–H and O–H groups in total. The van der Waals surface area contributed by atoms with Crippen LogP contribution in [0, 0.1) is 6.92 Å². The minimum absolute atomic E-state index is 0.0691. The van der Waals surface area contributed by atoms with Crippen LogP contribution in [-0.4, -0.2) is 22.1 Å². The van der Waals surface area contributed by atoms with Crippen molar-refractivity contribution in [3.05, 3.63) is 11.3 Å². The number of rotatable bonds is 4. The Morgan fingerprint density at radius 1 is 1.53 bits per heavy atom. The number of carbonyl (C=O) groups is 2. The van der Waals surface area contributed by atoms with Crippen LogP contribution in [0.3, 0.4) is 0 Å². The third-order valence-corrected chi connectivity index (χ3v) is 2.86. The lowest BCUT2D eigenvalue weighted by molar-refractivity contribution is -0.118. The van der Waals surface area contributed by atoms with Gasteiger partial charge in [-0.2, -0.15) is 4.37 Å². The van der Waals surface area contributed by atoms with E-state index in [0.29, 0.717) is 16.3 Å². The zero-order valence-corrected chi connectivity index (χ0v) is 9.64. The van der Waals surface area contributed by atoms with E-state index >= 15 is 0 Å². The van der Waals surface area contributed by atoms with Gasteiger partial charge in [0.1, 0.15) is 11.0 Å². The monoisotopic (exact) mass is 227 g/mol. The summed E-state index contributed by atoms with van der Waals surface area (Å²) >= 11 is 1.16. The number of ketones is 1. The maximum Gasteiger partial charge on any atom is 0.239 e. The maximum atomic E-state index is 11.3. The van der Waals surface area contributed by atoms with E-state index in [-0.39, 0.29) is 5.78 Å². The zero-order valence-electron chi connectivity index (χ0n) is 8.83. The Morgan fingerprint density at radius 2 is 2.13 bits per heavy atom. The highest BCUT2D eigenvalue weighted by atomic mass is 32.1. The highest BCUT2D eigenvalue weighted by molar-refractivity contribution is 7.10. The molecule has 1 atom stereocenters. The van der Waals surface area contributed by atoms with E-state index < -0.39 is 11.9 Å². The first-order chi connectivity index (χ1) is 6.93. The number of hydrogen-bond donors (Lipinski definition) is 2. The van der Waals surface area contributed by atoms with Crippen molar-refractivity contribution in [2.75, 3.05) is 5.32 Å². The van der Waals surface area contributed by atoms with E-state index in [1.54, 1.807) is 13.8 Å². The molecule has 0 bridgehead atoms. The quantitative estimate of drug-likeness (QED) is 0.750. The van der Waals surface area contributed by atoms with Gasteiger partial charge in [-0.3, -0.25) is 9.59 Å². The van der Waals surface area contributed by atoms with Crippen molar-refractivity contribution in [2.45, 2.75) is 26.8 Å². The molecule has 1 rings (SSSR count). The minimum Gasteiger partial charge on any atom is -0.368 e. The van der Waals surface area contributed by atoms with Gasteiger partial charge in [-0.1, -0.05) is 0 Å². The Bertz CT molecular complexity index is 400. The topological polar surface area (TPSA) is 85.1 Å². The number of primary amides is 1. The summed E-state index contributed by atoms with van der Waals surface area (Å²) in [7, 11) is 0. The standard InChI is InChI=1S/C9H13N3O2S/c1-4-7(6(3)13)9(15-12-4)11-5(2)8(10)14/h5,11H,1-3H3,(H2,10,14). The number of Topliss-reactive ketones (excluding diaryl/α,β-unsaturated/α-hetero) is 1. The average molecular weight is 227 g/mol. The van der Waals surface area contributed by atoms with Gasteiger partial charge in [-0.05, 0) is 32.3 Å². The third-order valence-electron chi connectivity index (χ3n) is 1.99. The summed E-state index contributed by atoms with van der Waals surface area (Å²) in [5.41, 5.74) is 6.32. The van der Waals surface area contributed by atoms with Crippen LogP contribution in [0.15, 0.2) is 0 Å². The van der Waals surface area contributed by atoms with Crippen LogP contribution >= 0.6 is 11.5 Å². The fourth-order valence-electron chi connectivity index (χ4n) is 1.15. The molecule has 1 aromatic rings. The molecular weight excluding hydrogens is 214 g/mol. The fourth-order valence-corrected chi connectivity index (χ4v) is 2.08. The Hall–Kier alpha value is -1.43. The van der Waals surface area contributed by atoms with Crippen LogP contribution in [0.25, 0.3) is 0 Å². The average Bonchev–Trinajstić information content (AvgIpc) is 2.46. The summed E-state index contributed by atoms with van der Waals surface area (Å²) < 4.78 is 4.06. The van der Waals surface area contributed by atoms with Crippen LogP contribution in [0.4, 0.5) is 5.00 Å². The number of aryl methyl sites for hydroxylation is 1. The molecule has 6 heteroatoms. The van der Waals surface area contributed by atoms with E-state index in [1.165, 1.54) is 6.92 Å². The molecule has 0 aliphatic heterocycles. The summed E-state index contributed by atoms with van der Waals surface area (Å²) in [6.45, 7) is 4.87. The first-order valence-corrected chi connectivity index (χ1v) is 5.24. The molecule has 0 aliphatic carbocycles. The van der Waals surface area contributed by atoms with E-state index in [9.17, 15) is 9.59 Å². The molecule has 5 nitrogen and oxygen atoms in total. The van der Waals surface area contributed by atoms with Crippen molar-refractivity contribution in [1.82, 2.24) is 4.37 Å². The van der Waals surface area contributed by atoms with Gasteiger partial charge in [0.05, 0.1) is 11.3 Å². The Labute approximate surface area is 91.8 Å². The van der Waals surface area contributed by atoms with Gasteiger partial charge in [-0.25, -0.2) is 0 Å². The van der Waals surface area contributed by atoms with E-state index in [2.05, 4.69) is 9.69 Å². The number of nitrogens with one attached hydrogen (secondary N) is 1. The van der Waals surface area contributed by atoms with Crippen LogP contribution in [0.5, 0.6) is 0 Å². The summed E-state index contributed by atoms with van der Waals surface area (Å²) in [4.78, 5) is 22.2. The van der Waals surface area contributed by atoms with E-state index in [1.807, 2.05) is 0 Å². The van der Waals surface area contributed by atoms with Crippen molar-refractivity contribution < 1.29 is 9.59 Å². The molecule has 0 spiro atoms. The Morgan fingerprint density at radius 3 is 2.60 bits per heavy atom. The van der Waals surface area contributed by atoms with Crippen molar-refractivity contribution >= 4 is 28.2 Å². The zero-order chi connectivity index (χ0) is 11.6. The van der Waals surface area contributed by atoms with Gasteiger partial charge in [0.2, 0.25) is 5.91 Å². The number of hydrogen-bond acceptors (Lipinski definition) is 5. The lowest BCUT2D eigenvalue weighted by atomic mass is 10.2. The van der Waals surface area contributed by atoms with E-state index in [0.717, 1.165) is 11.5 Å². The molecule has 0 radical (unpaired) electrons. The van der Waals surface area contributed by atoms with Crippen LogP contribution < -0.4 is 11.1 Å². The van der Waals surface area contributed by atoms with Gasteiger partial charge in [0.25, 0.3) is 0 Å². The predicted octanol–water partition coefficient (Wildman–Crippen LogP) is 0.940. The number of amides is 1. The predicted molar refractivity (Wildman–Crippen MR) is 59.1 cm³/mol. The minimum atomic E-state index is -0.511. The second-order valence-electron chi connectivity index (χ2n) is 3.30. The van der Waals surface area contributed by atoms with E-state index in [4.69, 9.17) is 5.73 Å². The number of nitrogens with zero attached hydrogens (tertiary/aromatic N) is 1. The summed E-state index contributed by atoms with van der Waals surface area (Å²) in [6, 6.07) is -0.511. The molecule has 82 valence electrons. The highest BCUT2D eigenvalue weighted by Gasteiger charge is 2.17. The van der Waals surface area contributed by atoms with Crippen molar-refractivity contribution in [1.29, 1.82) is 0 Å². The SMILES string of the molecule is CC(=O)c1c(C)nsc1NC(C)C(N)=O. The molecule has 0 saturated heterocycles. The maximum absolute atomic E-state index is 11.3. The van der Waals surface area contributed by atoms with Crippen LogP contribution in [-0.2, 0) is 4.79 Å². The second-order valence-corrected chi connectivity index (χ2v) is 4.07. The second kappa shape index (κ2) is 4.39. The van der Waals surface area contributed by atoms with Crippen molar-refractivity contribution in [3.8, 4) is 0 Å². The number of nitrogens with two attached hydrogens (primary N) is 1. The fraction of sp³-hybridized carbons (Fsp3) is 0.444. The number of carbonyl (C=O) groups excluding carboxylic acids is 2. The van der Waals surface area contributed by atoms with Gasteiger partial charge in [-0.15, -0.1) is 0 Å². The first-order valence-electron chi connectivity index (χ1n) is 4.46.